The highest BCUT2D eigenvalue weighted by atomic mass is 31.2. The smallest absolute Gasteiger partial charge is 0.0631 e. The Morgan fingerprint density at radius 1 is 0.567 bits per heavy atom. The van der Waals surface area contributed by atoms with Gasteiger partial charge in [-0.1, -0.05) is 104 Å². The molecule has 0 heterocycles. The predicted molar refractivity (Wildman–Crippen MR) is 138 cm³/mol. The number of hydrogen-bond donors (Lipinski definition) is 0. The summed E-state index contributed by atoms with van der Waals surface area (Å²) in [5.41, 5.74) is 0. The van der Waals surface area contributed by atoms with Gasteiger partial charge in [-0.15, -0.1) is 0 Å². The van der Waals surface area contributed by atoms with Crippen LogP contribution in [0, 0.1) is 0 Å². The third kappa shape index (κ3) is 4.46. The summed E-state index contributed by atoms with van der Waals surface area (Å²) in [4.78, 5) is 0. The monoisotopic (exact) mass is 425 g/mol. The van der Waals surface area contributed by atoms with E-state index in [1.165, 1.54) is 21.2 Å². The first-order valence-corrected chi connectivity index (χ1v) is 13.9. The van der Waals surface area contributed by atoms with E-state index in [0.717, 1.165) is 12.3 Å². The van der Waals surface area contributed by atoms with Crippen molar-refractivity contribution in [1.82, 2.24) is 0 Å². The molecule has 0 N–H and O–H groups in total. The van der Waals surface area contributed by atoms with Crippen molar-refractivity contribution in [2.24, 2.45) is 0 Å². The SMILES string of the molecule is C=C[P+](CCP(c1ccccc1)c1ccccc1)(c1ccccc1)c1ccccc1. The number of rotatable bonds is 8. The molecule has 0 fully saturated rings. The Bertz CT molecular complexity index is 966. The Kier molecular flexibility index (Phi) is 6.91. The van der Waals surface area contributed by atoms with Crippen LogP contribution < -0.4 is 21.2 Å². The molecule has 0 aliphatic heterocycles. The second-order valence-electron chi connectivity index (χ2n) is 7.27. The van der Waals surface area contributed by atoms with Gasteiger partial charge in [0, 0.05) is 6.16 Å². The van der Waals surface area contributed by atoms with Gasteiger partial charge in [0.15, 0.2) is 0 Å². The van der Waals surface area contributed by atoms with Crippen molar-refractivity contribution in [3.05, 3.63) is 134 Å². The van der Waals surface area contributed by atoms with E-state index in [2.05, 4.69) is 134 Å². The van der Waals surface area contributed by atoms with Gasteiger partial charge < -0.3 is 0 Å². The van der Waals surface area contributed by atoms with E-state index in [1.807, 2.05) is 0 Å². The van der Waals surface area contributed by atoms with Crippen molar-refractivity contribution in [2.45, 2.75) is 0 Å². The number of hydrogen-bond acceptors (Lipinski definition) is 0. The molecule has 0 amide bonds. The van der Waals surface area contributed by atoms with E-state index >= 15 is 0 Å². The maximum Gasteiger partial charge on any atom is 0.104 e. The van der Waals surface area contributed by atoms with Crippen molar-refractivity contribution in [1.29, 1.82) is 0 Å². The lowest BCUT2D eigenvalue weighted by molar-refractivity contribution is 1.49. The molecule has 0 aromatic heterocycles. The summed E-state index contributed by atoms with van der Waals surface area (Å²) in [7, 11) is -2.12. The van der Waals surface area contributed by atoms with E-state index in [9.17, 15) is 0 Å². The Hall–Kier alpha value is -2.52. The van der Waals surface area contributed by atoms with Crippen molar-refractivity contribution in [3.8, 4) is 0 Å². The molecule has 0 bridgehead atoms. The molecule has 4 aromatic carbocycles. The minimum Gasteiger partial charge on any atom is -0.0631 e. The van der Waals surface area contributed by atoms with Gasteiger partial charge in [0.25, 0.3) is 0 Å². The van der Waals surface area contributed by atoms with Gasteiger partial charge in [-0.05, 0) is 42.8 Å². The van der Waals surface area contributed by atoms with Crippen molar-refractivity contribution < 1.29 is 0 Å². The van der Waals surface area contributed by atoms with Gasteiger partial charge in [0.1, 0.15) is 17.9 Å². The molecule has 0 unspecified atom stereocenters. The molecule has 0 aliphatic carbocycles. The molecule has 4 aromatic rings. The van der Waals surface area contributed by atoms with Crippen LogP contribution in [0.3, 0.4) is 0 Å². The standard InChI is InChI=1S/C28H27P2/c1-2-30(27-19-11-5-12-20-27,28-21-13-6-14-22-28)24-23-29(25-15-7-3-8-16-25)26-17-9-4-10-18-26/h2-22H,1,23-24H2/q+1. The maximum atomic E-state index is 4.37. The average Bonchev–Trinajstić information content (AvgIpc) is 2.84. The van der Waals surface area contributed by atoms with Crippen LogP contribution in [0.25, 0.3) is 0 Å². The highest BCUT2D eigenvalue weighted by molar-refractivity contribution is 7.92. The van der Waals surface area contributed by atoms with Gasteiger partial charge in [0.2, 0.25) is 0 Å². The fourth-order valence-corrected chi connectivity index (χ4v) is 10.7. The Labute approximate surface area is 182 Å². The molecule has 30 heavy (non-hydrogen) atoms. The predicted octanol–water partition coefficient (Wildman–Crippen LogP) is 5.93. The highest BCUT2D eigenvalue weighted by Gasteiger charge is 2.40. The zero-order valence-electron chi connectivity index (χ0n) is 17.1. The maximum absolute atomic E-state index is 4.37. The van der Waals surface area contributed by atoms with Crippen LogP contribution in [0.2, 0.25) is 0 Å². The van der Waals surface area contributed by atoms with E-state index in [-0.39, 0.29) is 0 Å². The second kappa shape index (κ2) is 9.99. The molecule has 0 aliphatic rings. The molecule has 0 atom stereocenters. The molecule has 0 saturated heterocycles. The van der Waals surface area contributed by atoms with Gasteiger partial charge in [-0.2, -0.15) is 0 Å². The van der Waals surface area contributed by atoms with E-state index in [1.54, 1.807) is 0 Å². The zero-order valence-corrected chi connectivity index (χ0v) is 18.9. The first-order chi connectivity index (χ1) is 14.8. The van der Waals surface area contributed by atoms with Crippen molar-refractivity contribution in [3.63, 3.8) is 0 Å². The molecule has 148 valence electrons. The lowest BCUT2D eigenvalue weighted by Crippen LogP contribution is -2.26. The molecule has 0 nitrogen and oxygen atoms in total. The molecule has 2 heteroatoms. The molecule has 0 radical (unpaired) electrons. The molecule has 0 saturated carbocycles. The third-order valence-corrected chi connectivity index (χ3v) is 12.4. The van der Waals surface area contributed by atoms with E-state index in [0.29, 0.717) is 0 Å². The van der Waals surface area contributed by atoms with Gasteiger partial charge in [-0.25, -0.2) is 0 Å². The van der Waals surface area contributed by atoms with Crippen LogP contribution in [-0.4, -0.2) is 12.3 Å². The van der Waals surface area contributed by atoms with Crippen LogP contribution in [-0.2, 0) is 0 Å². The quantitative estimate of drug-likeness (QED) is 0.307. The summed E-state index contributed by atoms with van der Waals surface area (Å²) >= 11 is 0. The van der Waals surface area contributed by atoms with Crippen molar-refractivity contribution >= 4 is 36.4 Å². The Morgan fingerprint density at radius 3 is 1.30 bits per heavy atom. The second-order valence-corrected chi connectivity index (χ2v) is 13.2. The summed E-state index contributed by atoms with van der Waals surface area (Å²) in [6.45, 7) is 4.37. The van der Waals surface area contributed by atoms with E-state index in [4.69, 9.17) is 0 Å². The number of benzene rings is 4. The molecular formula is C28H27P2+. The van der Waals surface area contributed by atoms with Crippen LogP contribution in [0.5, 0.6) is 0 Å². The normalized spacial score (nSPS) is 11.4. The molecule has 4 rings (SSSR count). The minimum absolute atomic E-state index is 0.422. The molecular weight excluding hydrogens is 398 g/mol. The highest BCUT2D eigenvalue weighted by Crippen LogP contribution is 2.59. The minimum atomic E-state index is -1.70. The third-order valence-electron chi connectivity index (χ3n) is 5.56. The van der Waals surface area contributed by atoms with Crippen LogP contribution in [0.1, 0.15) is 0 Å². The summed E-state index contributed by atoms with van der Waals surface area (Å²) < 4.78 is 0. The average molecular weight is 425 g/mol. The first-order valence-electron chi connectivity index (χ1n) is 10.3. The Morgan fingerprint density at radius 2 is 0.933 bits per heavy atom. The van der Waals surface area contributed by atoms with Crippen LogP contribution in [0.4, 0.5) is 0 Å². The molecule has 0 spiro atoms. The lowest BCUT2D eigenvalue weighted by Gasteiger charge is -2.26. The Balaban J connectivity index is 1.75. The summed E-state index contributed by atoms with van der Waals surface area (Å²) in [5, 5.41) is 5.73. The van der Waals surface area contributed by atoms with Crippen LogP contribution >= 0.6 is 15.2 Å². The summed E-state index contributed by atoms with van der Waals surface area (Å²) in [5.74, 6) is 2.27. The van der Waals surface area contributed by atoms with Gasteiger partial charge >= 0.3 is 0 Å². The van der Waals surface area contributed by atoms with E-state index < -0.39 is 15.2 Å². The van der Waals surface area contributed by atoms with Gasteiger partial charge in [0.05, 0.1) is 12.0 Å². The topological polar surface area (TPSA) is 0 Å². The lowest BCUT2D eigenvalue weighted by atomic mass is 10.4. The van der Waals surface area contributed by atoms with Gasteiger partial charge in [-0.3, -0.25) is 0 Å². The largest absolute Gasteiger partial charge is 0.104 e. The fourth-order valence-electron chi connectivity index (χ4n) is 3.98. The summed E-state index contributed by atoms with van der Waals surface area (Å²) in [6.07, 6.45) is 2.27. The fraction of sp³-hybridized carbons (Fsp3) is 0.0714. The van der Waals surface area contributed by atoms with Crippen LogP contribution in [0.15, 0.2) is 134 Å². The zero-order chi connectivity index (χ0) is 20.7. The summed E-state index contributed by atoms with van der Waals surface area (Å²) in [6, 6.07) is 44.0. The van der Waals surface area contributed by atoms with Crippen molar-refractivity contribution in [2.75, 3.05) is 12.3 Å². The first kappa shape index (κ1) is 20.7.